The minimum atomic E-state index is -0.0847. The fraction of sp³-hybridized carbons (Fsp3) is 0.308. The molecule has 0 radical (unpaired) electrons. The fourth-order valence-electron chi connectivity index (χ4n) is 4.26. The van der Waals surface area contributed by atoms with Crippen LogP contribution in [0.2, 0.25) is 0 Å². The third-order valence-electron chi connectivity index (χ3n) is 6.33. The normalized spacial score (nSPS) is 14.4. The van der Waals surface area contributed by atoms with Crippen LogP contribution in [0, 0.1) is 13.8 Å². The first-order chi connectivity index (χ1) is 17.0. The lowest BCUT2D eigenvalue weighted by molar-refractivity contribution is 0.0627. The molecule has 0 unspecified atom stereocenters. The molecule has 9 heteroatoms. The maximum absolute atomic E-state index is 13.0. The van der Waals surface area contributed by atoms with Gasteiger partial charge in [-0.15, -0.1) is 0 Å². The molecular weight excluding hydrogens is 446 g/mol. The Morgan fingerprint density at radius 1 is 1.06 bits per heavy atom. The maximum Gasteiger partial charge on any atom is 0.258 e. The van der Waals surface area contributed by atoms with Crippen molar-refractivity contribution in [1.29, 1.82) is 0 Å². The highest BCUT2D eigenvalue weighted by atomic mass is 16.5. The van der Waals surface area contributed by atoms with E-state index >= 15 is 0 Å². The molecule has 1 aliphatic heterocycles. The molecule has 3 aromatic heterocycles. The molecule has 35 heavy (non-hydrogen) atoms. The first-order valence-electron chi connectivity index (χ1n) is 11.6. The van der Waals surface area contributed by atoms with Gasteiger partial charge >= 0.3 is 0 Å². The van der Waals surface area contributed by atoms with Crippen molar-refractivity contribution in [2.75, 3.05) is 26.2 Å². The van der Waals surface area contributed by atoms with Gasteiger partial charge in [-0.05, 0) is 50.2 Å². The highest BCUT2D eigenvalue weighted by Crippen LogP contribution is 2.19. The largest absolute Gasteiger partial charge is 0.489 e. The van der Waals surface area contributed by atoms with Crippen molar-refractivity contribution in [2.45, 2.75) is 27.0 Å². The molecule has 9 nitrogen and oxygen atoms in total. The van der Waals surface area contributed by atoms with Crippen molar-refractivity contribution in [3.05, 3.63) is 93.4 Å². The number of amides is 1. The van der Waals surface area contributed by atoms with E-state index in [1.54, 1.807) is 24.4 Å². The van der Waals surface area contributed by atoms with Gasteiger partial charge in [0.2, 0.25) is 0 Å². The predicted molar refractivity (Wildman–Crippen MR) is 129 cm³/mol. The monoisotopic (exact) mass is 473 g/mol. The molecular formula is C26H27N5O4. The second kappa shape index (κ2) is 9.71. The smallest absolute Gasteiger partial charge is 0.258 e. The summed E-state index contributed by atoms with van der Waals surface area (Å²) in [6, 6.07) is 14.3. The van der Waals surface area contributed by atoms with Crippen LogP contribution in [0.25, 0.3) is 5.65 Å². The molecule has 1 fully saturated rings. The van der Waals surface area contributed by atoms with Crippen LogP contribution in [0.5, 0.6) is 5.75 Å². The quantitative estimate of drug-likeness (QED) is 0.425. The van der Waals surface area contributed by atoms with Gasteiger partial charge in [-0.2, -0.15) is 0 Å². The molecule has 4 heterocycles. The van der Waals surface area contributed by atoms with Gasteiger partial charge in [0.1, 0.15) is 23.8 Å². The molecule has 0 N–H and O–H groups in total. The van der Waals surface area contributed by atoms with Crippen molar-refractivity contribution in [3.63, 3.8) is 0 Å². The highest BCUT2D eigenvalue weighted by molar-refractivity contribution is 5.94. The lowest BCUT2D eigenvalue weighted by atomic mass is 10.1. The van der Waals surface area contributed by atoms with E-state index in [0.717, 1.165) is 35.8 Å². The number of rotatable bonds is 6. The van der Waals surface area contributed by atoms with E-state index in [2.05, 4.69) is 15.0 Å². The van der Waals surface area contributed by atoms with Crippen molar-refractivity contribution >= 4 is 11.6 Å². The summed E-state index contributed by atoms with van der Waals surface area (Å²) in [5, 5.41) is 3.94. The Hall–Kier alpha value is -3.98. The van der Waals surface area contributed by atoms with Crippen LogP contribution in [-0.4, -0.2) is 56.4 Å². The second-order valence-electron chi connectivity index (χ2n) is 8.70. The van der Waals surface area contributed by atoms with Gasteiger partial charge in [0, 0.05) is 50.6 Å². The third kappa shape index (κ3) is 4.95. The number of carbonyl (C=O) groups excluding carboxylic acids is 1. The van der Waals surface area contributed by atoms with Crippen molar-refractivity contribution in [2.24, 2.45) is 0 Å². The van der Waals surface area contributed by atoms with Crippen LogP contribution in [0.3, 0.4) is 0 Å². The molecule has 1 amide bonds. The van der Waals surface area contributed by atoms with Crippen LogP contribution < -0.4 is 10.3 Å². The Balaban J connectivity index is 1.15. The molecule has 5 rings (SSSR count). The van der Waals surface area contributed by atoms with E-state index in [1.807, 2.05) is 49.1 Å². The average molecular weight is 474 g/mol. The molecule has 0 aliphatic carbocycles. The number of pyridine rings is 1. The van der Waals surface area contributed by atoms with Gasteiger partial charge < -0.3 is 14.2 Å². The lowest BCUT2D eigenvalue weighted by Gasteiger charge is -2.34. The summed E-state index contributed by atoms with van der Waals surface area (Å²) >= 11 is 0. The first-order valence-corrected chi connectivity index (χ1v) is 11.6. The van der Waals surface area contributed by atoms with Gasteiger partial charge in [0.25, 0.3) is 11.5 Å². The highest BCUT2D eigenvalue weighted by Gasteiger charge is 2.23. The van der Waals surface area contributed by atoms with Gasteiger partial charge in [0.05, 0.1) is 17.0 Å². The molecule has 0 saturated carbocycles. The van der Waals surface area contributed by atoms with Gasteiger partial charge in [0.15, 0.2) is 0 Å². The molecule has 4 aromatic rings. The SMILES string of the molecule is Cc1noc(C)c1COc1ccc(C(=O)N2CCN(Cc3cc(=O)n4ccccc4n3)CC2)cc1. The van der Waals surface area contributed by atoms with E-state index in [1.165, 1.54) is 4.40 Å². The Morgan fingerprint density at radius 2 is 1.83 bits per heavy atom. The van der Waals surface area contributed by atoms with E-state index in [0.29, 0.717) is 43.2 Å². The van der Waals surface area contributed by atoms with Crippen LogP contribution in [-0.2, 0) is 13.2 Å². The first kappa shape index (κ1) is 22.8. The standard InChI is InChI=1S/C26H27N5O4/c1-18-23(19(2)35-28-18)17-34-22-8-6-20(7-9-22)26(33)30-13-11-29(12-14-30)16-21-15-25(32)31-10-4-3-5-24(31)27-21/h3-10,15H,11-14,16-17H2,1-2H3. The molecule has 0 bridgehead atoms. The van der Waals surface area contributed by atoms with Crippen molar-refractivity contribution in [1.82, 2.24) is 24.3 Å². The number of aromatic nitrogens is 3. The number of benzene rings is 1. The molecule has 0 spiro atoms. The number of nitrogens with zero attached hydrogens (tertiary/aromatic N) is 5. The molecule has 0 atom stereocenters. The zero-order valence-electron chi connectivity index (χ0n) is 19.8. The summed E-state index contributed by atoms with van der Waals surface area (Å²) in [4.78, 5) is 34.0. The summed E-state index contributed by atoms with van der Waals surface area (Å²) < 4.78 is 12.5. The number of aryl methyl sites for hydroxylation is 2. The number of hydrogen-bond acceptors (Lipinski definition) is 7. The summed E-state index contributed by atoms with van der Waals surface area (Å²) in [6.07, 6.45) is 1.72. The molecule has 1 aliphatic rings. The Morgan fingerprint density at radius 3 is 2.54 bits per heavy atom. The molecule has 180 valence electrons. The Bertz CT molecular complexity index is 1380. The number of piperazine rings is 1. The van der Waals surface area contributed by atoms with Crippen molar-refractivity contribution < 1.29 is 14.1 Å². The number of hydrogen-bond donors (Lipinski definition) is 0. The number of carbonyl (C=O) groups is 1. The number of ether oxygens (including phenoxy) is 1. The van der Waals surface area contributed by atoms with Crippen LogP contribution in [0.1, 0.15) is 33.1 Å². The predicted octanol–water partition coefficient (Wildman–Crippen LogP) is 2.84. The summed E-state index contributed by atoms with van der Waals surface area (Å²) in [7, 11) is 0. The summed E-state index contributed by atoms with van der Waals surface area (Å²) in [5.74, 6) is 1.44. The van der Waals surface area contributed by atoms with E-state index < -0.39 is 0 Å². The van der Waals surface area contributed by atoms with E-state index in [4.69, 9.17) is 9.26 Å². The lowest BCUT2D eigenvalue weighted by Crippen LogP contribution is -2.48. The minimum absolute atomic E-state index is 0.00370. The van der Waals surface area contributed by atoms with Gasteiger partial charge in [-0.1, -0.05) is 11.2 Å². The topological polar surface area (TPSA) is 93.2 Å². The summed E-state index contributed by atoms with van der Waals surface area (Å²) in [6.45, 7) is 7.38. The average Bonchev–Trinajstić information content (AvgIpc) is 3.20. The maximum atomic E-state index is 13.0. The van der Waals surface area contributed by atoms with E-state index in [-0.39, 0.29) is 11.5 Å². The second-order valence-corrected chi connectivity index (χ2v) is 8.70. The zero-order valence-corrected chi connectivity index (χ0v) is 19.8. The minimum Gasteiger partial charge on any atom is -0.489 e. The van der Waals surface area contributed by atoms with Crippen LogP contribution in [0.4, 0.5) is 0 Å². The molecule has 1 saturated heterocycles. The van der Waals surface area contributed by atoms with Gasteiger partial charge in [-0.25, -0.2) is 4.98 Å². The van der Waals surface area contributed by atoms with Crippen LogP contribution in [0.15, 0.2) is 64.0 Å². The fourth-order valence-corrected chi connectivity index (χ4v) is 4.26. The zero-order chi connectivity index (χ0) is 24.4. The van der Waals surface area contributed by atoms with Crippen LogP contribution >= 0.6 is 0 Å². The van der Waals surface area contributed by atoms with Crippen molar-refractivity contribution in [3.8, 4) is 5.75 Å². The third-order valence-corrected chi connectivity index (χ3v) is 6.33. The number of fused-ring (bicyclic) bond motifs is 1. The Kier molecular flexibility index (Phi) is 6.33. The van der Waals surface area contributed by atoms with E-state index in [9.17, 15) is 9.59 Å². The Labute approximate surface area is 202 Å². The molecule has 1 aromatic carbocycles. The summed E-state index contributed by atoms with van der Waals surface area (Å²) in [5.41, 5.74) is 3.69. The van der Waals surface area contributed by atoms with Gasteiger partial charge in [-0.3, -0.25) is 18.9 Å².